The molecule has 114 valence electrons. The van der Waals surface area contributed by atoms with E-state index in [9.17, 15) is 9.59 Å². The van der Waals surface area contributed by atoms with Gasteiger partial charge in [0.1, 0.15) is 0 Å². The van der Waals surface area contributed by atoms with Gasteiger partial charge in [-0.25, -0.2) is 0 Å². The van der Waals surface area contributed by atoms with Crippen molar-refractivity contribution in [2.75, 3.05) is 12.4 Å². The monoisotopic (exact) mass is 305 g/mol. The minimum absolute atomic E-state index is 0.164. The quantitative estimate of drug-likeness (QED) is 0.781. The van der Waals surface area contributed by atoms with Crippen LogP contribution in [-0.4, -0.2) is 23.8 Å². The van der Waals surface area contributed by atoms with Crippen molar-refractivity contribution in [1.29, 1.82) is 0 Å². The molecule has 0 aliphatic heterocycles. The molecular weight excluding hydrogens is 290 g/mol. The third-order valence-electron chi connectivity index (χ3n) is 3.52. The van der Waals surface area contributed by atoms with E-state index in [0.29, 0.717) is 16.8 Å². The standard InChI is InChI=1S/C18H15N3O2/c1-19-17(22)12-7-9-13(10-8-12)21-18(23)15-4-2-6-16-14(15)5-3-11-20-16/h2-11H,1H3,(H,19,22)(H,21,23). The van der Waals surface area contributed by atoms with Crippen LogP contribution in [0.15, 0.2) is 60.8 Å². The number of anilines is 1. The van der Waals surface area contributed by atoms with Crippen LogP contribution < -0.4 is 10.6 Å². The molecule has 0 saturated heterocycles. The molecule has 0 fully saturated rings. The Balaban J connectivity index is 1.85. The second-order valence-corrected chi connectivity index (χ2v) is 4.99. The number of nitrogens with zero attached hydrogens (tertiary/aromatic N) is 1. The predicted octanol–water partition coefficient (Wildman–Crippen LogP) is 2.85. The second-order valence-electron chi connectivity index (χ2n) is 4.99. The molecule has 0 unspecified atom stereocenters. The minimum atomic E-state index is -0.212. The van der Waals surface area contributed by atoms with E-state index in [2.05, 4.69) is 15.6 Å². The lowest BCUT2D eigenvalue weighted by Gasteiger charge is -2.08. The molecule has 3 rings (SSSR count). The third-order valence-corrected chi connectivity index (χ3v) is 3.52. The predicted molar refractivity (Wildman–Crippen MR) is 89.5 cm³/mol. The third kappa shape index (κ3) is 3.03. The number of aromatic nitrogens is 1. The van der Waals surface area contributed by atoms with Crippen molar-refractivity contribution in [2.45, 2.75) is 0 Å². The highest BCUT2D eigenvalue weighted by Crippen LogP contribution is 2.18. The zero-order valence-electron chi connectivity index (χ0n) is 12.5. The van der Waals surface area contributed by atoms with Gasteiger partial charge in [0.2, 0.25) is 0 Å². The molecule has 2 amide bonds. The molecule has 0 bridgehead atoms. The Labute approximate surface area is 133 Å². The van der Waals surface area contributed by atoms with Crippen molar-refractivity contribution in [3.8, 4) is 0 Å². The lowest BCUT2D eigenvalue weighted by Crippen LogP contribution is -2.18. The maximum absolute atomic E-state index is 12.5. The summed E-state index contributed by atoms with van der Waals surface area (Å²) >= 11 is 0. The van der Waals surface area contributed by atoms with E-state index in [1.165, 1.54) is 0 Å². The molecule has 1 heterocycles. The van der Waals surface area contributed by atoms with Crippen LogP contribution in [0, 0.1) is 0 Å². The Bertz CT molecular complexity index is 868. The zero-order chi connectivity index (χ0) is 16.2. The van der Waals surface area contributed by atoms with E-state index >= 15 is 0 Å². The molecule has 3 aromatic rings. The summed E-state index contributed by atoms with van der Waals surface area (Å²) in [6, 6.07) is 15.8. The first-order valence-corrected chi connectivity index (χ1v) is 7.16. The van der Waals surface area contributed by atoms with Gasteiger partial charge < -0.3 is 10.6 Å². The lowest BCUT2D eigenvalue weighted by molar-refractivity contribution is 0.0962. The van der Waals surface area contributed by atoms with Gasteiger partial charge in [0, 0.05) is 35.4 Å². The number of hydrogen-bond donors (Lipinski definition) is 2. The summed E-state index contributed by atoms with van der Waals surface area (Å²) in [6.07, 6.45) is 1.70. The number of benzene rings is 2. The van der Waals surface area contributed by atoms with E-state index < -0.39 is 0 Å². The van der Waals surface area contributed by atoms with Crippen LogP contribution in [0.4, 0.5) is 5.69 Å². The van der Waals surface area contributed by atoms with Crippen molar-refractivity contribution in [1.82, 2.24) is 10.3 Å². The topological polar surface area (TPSA) is 71.1 Å². The van der Waals surface area contributed by atoms with E-state index in [1.54, 1.807) is 55.7 Å². The number of nitrogens with one attached hydrogen (secondary N) is 2. The minimum Gasteiger partial charge on any atom is -0.355 e. The Morgan fingerprint density at radius 3 is 2.43 bits per heavy atom. The normalized spacial score (nSPS) is 10.3. The smallest absolute Gasteiger partial charge is 0.256 e. The van der Waals surface area contributed by atoms with Gasteiger partial charge in [-0.3, -0.25) is 14.6 Å². The Morgan fingerprint density at radius 1 is 0.913 bits per heavy atom. The molecule has 0 radical (unpaired) electrons. The van der Waals surface area contributed by atoms with Crippen molar-refractivity contribution >= 4 is 28.4 Å². The summed E-state index contributed by atoms with van der Waals surface area (Å²) in [4.78, 5) is 28.2. The number of carbonyl (C=O) groups excluding carboxylic acids is 2. The fourth-order valence-corrected chi connectivity index (χ4v) is 2.35. The Hall–Kier alpha value is -3.21. The number of pyridine rings is 1. The first-order valence-electron chi connectivity index (χ1n) is 7.16. The first-order chi connectivity index (χ1) is 11.2. The molecule has 1 aromatic heterocycles. The van der Waals surface area contributed by atoms with E-state index in [4.69, 9.17) is 0 Å². The Kier molecular flexibility index (Phi) is 4.01. The average Bonchev–Trinajstić information content (AvgIpc) is 2.61. The zero-order valence-corrected chi connectivity index (χ0v) is 12.5. The second kappa shape index (κ2) is 6.27. The molecule has 5 heteroatoms. The number of rotatable bonds is 3. The van der Waals surface area contributed by atoms with Gasteiger partial charge in [-0.15, -0.1) is 0 Å². The summed E-state index contributed by atoms with van der Waals surface area (Å²) in [5, 5.41) is 6.19. The summed E-state index contributed by atoms with van der Waals surface area (Å²) in [6.45, 7) is 0. The van der Waals surface area contributed by atoms with Crippen molar-refractivity contribution in [2.24, 2.45) is 0 Å². The fourth-order valence-electron chi connectivity index (χ4n) is 2.35. The van der Waals surface area contributed by atoms with Crippen LogP contribution in [0.1, 0.15) is 20.7 Å². The van der Waals surface area contributed by atoms with Gasteiger partial charge in [-0.1, -0.05) is 12.1 Å². The van der Waals surface area contributed by atoms with Gasteiger partial charge in [0.15, 0.2) is 0 Å². The lowest BCUT2D eigenvalue weighted by atomic mass is 10.1. The fraction of sp³-hybridized carbons (Fsp3) is 0.0556. The molecule has 2 aromatic carbocycles. The Morgan fingerprint density at radius 2 is 1.70 bits per heavy atom. The van der Waals surface area contributed by atoms with Gasteiger partial charge in [-0.2, -0.15) is 0 Å². The van der Waals surface area contributed by atoms with Crippen LogP contribution in [0.25, 0.3) is 10.9 Å². The van der Waals surface area contributed by atoms with E-state index in [-0.39, 0.29) is 11.8 Å². The number of hydrogen-bond acceptors (Lipinski definition) is 3. The molecule has 0 aliphatic carbocycles. The largest absolute Gasteiger partial charge is 0.355 e. The number of amides is 2. The van der Waals surface area contributed by atoms with Gasteiger partial charge in [0.05, 0.1) is 5.52 Å². The molecule has 23 heavy (non-hydrogen) atoms. The highest BCUT2D eigenvalue weighted by molar-refractivity contribution is 6.12. The first kappa shape index (κ1) is 14.7. The number of fused-ring (bicyclic) bond motifs is 1. The summed E-state index contributed by atoms with van der Waals surface area (Å²) < 4.78 is 0. The summed E-state index contributed by atoms with van der Waals surface area (Å²) in [5.74, 6) is -0.376. The van der Waals surface area contributed by atoms with Crippen LogP contribution in [0.5, 0.6) is 0 Å². The highest BCUT2D eigenvalue weighted by Gasteiger charge is 2.11. The van der Waals surface area contributed by atoms with Crippen molar-refractivity contribution < 1.29 is 9.59 Å². The molecule has 0 atom stereocenters. The summed E-state index contributed by atoms with van der Waals surface area (Å²) in [5.41, 5.74) is 2.50. The molecule has 0 spiro atoms. The number of carbonyl (C=O) groups is 2. The van der Waals surface area contributed by atoms with Crippen LogP contribution >= 0.6 is 0 Å². The van der Waals surface area contributed by atoms with Gasteiger partial charge >= 0.3 is 0 Å². The van der Waals surface area contributed by atoms with Gasteiger partial charge in [-0.05, 0) is 42.5 Å². The van der Waals surface area contributed by atoms with Crippen LogP contribution in [0.2, 0.25) is 0 Å². The molecule has 0 aliphatic rings. The highest BCUT2D eigenvalue weighted by atomic mass is 16.2. The molecule has 0 saturated carbocycles. The SMILES string of the molecule is CNC(=O)c1ccc(NC(=O)c2cccc3ncccc23)cc1. The van der Waals surface area contributed by atoms with Crippen LogP contribution in [-0.2, 0) is 0 Å². The average molecular weight is 305 g/mol. The molecular formula is C18H15N3O2. The summed E-state index contributed by atoms with van der Waals surface area (Å²) in [7, 11) is 1.58. The van der Waals surface area contributed by atoms with Crippen molar-refractivity contribution in [3.63, 3.8) is 0 Å². The maximum atomic E-state index is 12.5. The molecule has 5 nitrogen and oxygen atoms in total. The molecule has 2 N–H and O–H groups in total. The van der Waals surface area contributed by atoms with Crippen LogP contribution in [0.3, 0.4) is 0 Å². The van der Waals surface area contributed by atoms with Gasteiger partial charge in [0.25, 0.3) is 11.8 Å². The van der Waals surface area contributed by atoms with E-state index in [1.807, 2.05) is 12.1 Å². The van der Waals surface area contributed by atoms with Crippen molar-refractivity contribution in [3.05, 3.63) is 71.9 Å². The van der Waals surface area contributed by atoms with E-state index in [0.717, 1.165) is 10.9 Å². The maximum Gasteiger partial charge on any atom is 0.256 e.